The zero-order valence-electron chi connectivity index (χ0n) is 13.3. The van der Waals surface area contributed by atoms with Crippen LogP contribution in [0, 0.1) is 5.92 Å². The van der Waals surface area contributed by atoms with Crippen molar-refractivity contribution in [1.29, 1.82) is 0 Å². The molecule has 0 radical (unpaired) electrons. The van der Waals surface area contributed by atoms with Crippen LogP contribution in [0.1, 0.15) is 27.2 Å². The molecule has 2 heterocycles. The Kier molecular flexibility index (Phi) is 4.53. The maximum Gasteiger partial charge on any atom is 0.413 e. The van der Waals surface area contributed by atoms with Crippen LogP contribution in [0.4, 0.5) is 16.4 Å². The molecule has 1 aliphatic rings. The first-order valence-electron chi connectivity index (χ1n) is 7.22. The fourth-order valence-corrected chi connectivity index (χ4v) is 2.17. The molecule has 1 aromatic rings. The quantitative estimate of drug-likeness (QED) is 0.870. The van der Waals surface area contributed by atoms with Crippen molar-refractivity contribution < 1.29 is 19.1 Å². The van der Waals surface area contributed by atoms with Gasteiger partial charge < -0.3 is 10.5 Å². The van der Waals surface area contributed by atoms with Crippen molar-refractivity contribution in [3.8, 4) is 0 Å². The number of anilines is 2. The maximum absolute atomic E-state index is 12.0. The first kappa shape index (κ1) is 16.7. The first-order chi connectivity index (χ1) is 10.7. The van der Waals surface area contributed by atoms with Crippen LogP contribution in [0.2, 0.25) is 0 Å². The number of pyridine rings is 1. The van der Waals surface area contributed by atoms with Gasteiger partial charge in [-0.25, -0.2) is 9.78 Å². The zero-order valence-corrected chi connectivity index (χ0v) is 13.3. The Balaban J connectivity index is 2.10. The summed E-state index contributed by atoms with van der Waals surface area (Å²) in [7, 11) is 0. The highest BCUT2D eigenvalue weighted by atomic mass is 16.6. The highest BCUT2D eigenvalue weighted by molar-refractivity contribution is 5.99. The van der Waals surface area contributed by atoms with Crippen molar-refractivity contribution in [1.82, 2.24) is 4.98 Å². The smallest absolute Gasteiger partial charge is 0.413 e. The van der Waals surface area contributed by atoms with Gasteiger partial charge in [-0.15, -0.1) is 0 Å². The van der Waals surface area contributed by atoms with Gasteiger partial charge in [0.15, 0.2) is 0 Å². The number of nitrogens with two attached hydrogens (primary N) is 1. The molecule has 8 heteroatoms. The monoisotopic (exact) mass is 320 g/mol. The second-order valence-electron chi connectivity index (χ2n) is 6.32. The van der Waals surface area contributed by atoms with Crippen LogP contribution in [0.15, 0.2) is 18.2 Å². The normalized spacial score (nSPS) is 18.0. The summed E-state index contributed by atoms with van der Waals surface area (Å²) in [6, 6.07) is 4.86. The number of carbonyl (C=O) groups is 3. The number of hydrogen-bond acceptors (Lipinski definition) is 5. The highest BCUT2D eigenvalue weighted by Crippen LogP contribution is 2.24. The summed E-state index contributed by atoms with van der Waals surface area (Å²) in [5, 5.41) is 2.51. The molecule has 1 atom stereocenters. The Morgan fingerprint density at radius 2 is 2.09 bits per heavy atom. The molecule has 3 amide bonds. The van der Waals surface area contributed by atoms with Crippen LogP contribution in [-0.2, 0) is 14.3 Å². The highest BCUT2D eigenvalue weighted by Gasteiger charge is 2.34. The molecule has 0 aromatic carbocycles. The van der Waals surface area contributed by atoms with Crippen LogP contribution >= 0.6 is 0 Å². The minimum Gasteiger partial charge on any atom is -0.444 e. The Morgan fingerprint density at radius 1 is 1.39 bits per heavy atom. The van der Waals surface area contributed by atoms with Crippen molar-refractivity contribution in [2.75, 3.05) is 16.8 Å². The molecule has 1 aliphatic heterocycles. The first-order valence-corrected chi connectivity index (χ1v) is 7.22. The van der Waals surface area contributed by atoms with E-state index < -0.39 is 23.5 Å². The predicted molar refractivity (Wildman–Crippen MR) is 83.7 cm³/mol. The summed E-state index contributed by atoms with van der Waals surface area (Å²) in [5.74, 6) is -0.647. The van der Waals surface area contributed by atoms with Gasteiger partial charge in [0.1, 0.15) is 17.2 Å². The molecule has 8 nitrogen and oxygen atoms in total. The predicted octanol–water partition coefficient (Wildman–Crippen LogP) is 1.27. The number of aromatic nitrogens is 1. The Hall–Kier alpha value is -2.64. The van der Waals surface area contributed by atoms with Gasteiger partial charge in [0, 0.05) is 13.0 Å². The second-order valence-corrected chi connectivity index (χ2v) is 6.32. The minimum absolute atomic E-state index is 0.0702. The maximum atomic E-state index is 12.0. The van der Waals surface area contributed by atoms with Gasteiger partial charge in [-0.3, -0.25) is 19.8 Å². The summed E-state index contributed by atoms with van der Waals surface area (Å²) in [4.78, 5) is 40.5. The lowest BCUT2D eigenvalue weighted by atomic mass is 10.1. The van der Waals surface area contributed by atoms with Crippen molar-refractivity contribution in [2.24, 2.45) is 11.7 Å². The van der Waals surface area contributed by atoms with Crippen molar-refractivity contribution in [2.45, 2.75) is 32.8 Å². The lowest BCUT2D eigenvalue weighted by Gasteiger charge is -2.20. The SMILES string of the molecule is CC(C)(C)OC(=O)Nc1cccc(N2CC(C(N)=O)CC2=O)n1. The summed E-state index contributed by atoms with van der Waals surface area (Å²) in [5.41, 5.74) is 4.62. The summed E-state index contributed by atoms with van der Waals surface area (Å²) < 4.78 is 5.14. The molecule has 0 spiro atoms. The van der Waals surface area contributed by atoms with Crippen LogP contribution < -0.4 is 16.0 Å². The number of nitrogens with zero attached hydrogens (tertiary/aromatic N) is 2. The van der Waals surface area contributed by atoms with Gasteiger partial charge in [-0.2, -0.15) is 0 Å². The molecule has 0 bridgehead atoms. The molecular formula is C15H20N4O4. The lowest BCUT2D eigenvalue weighted by molar-refractivity contribution is -0.123. The molecule has 0 saturated carbocycles. The number of nitrogens with one attached hydrogen (secondary N) is 1. The second kappa shape index (κ2) is 6.23. The molecule has 3 N–H and O–H groups in total. The van der Waals surface area contributed by atoms with E-state index in [4.69, 9.17) is 10.5 Å². The van der Waals surface area contributed by atoms with Crippen molar-refractivity contribution >= 4 is 29.5 Å². The molecule has 1 aromatic heterocycles. The number of ether oxygens (including phenoxy) is 1. The Bertz CT molecular complexity index is 639. The van der Waals surface area contributed by atoms with Crippen molar-refractivity contribution in [3.05, 3.63) is 18.2 Å². The standard InChI is InChI=1S/C15H20N4O4/c1-15(2,3)23-14(22)18-10-5-4-6-11(17-10)19-8-9(13(16)21)7-12(19)20/h4-6,9H,7-8H2,1-3H3,(H2,16,21)(H,17,18,22). The van der Waals surface area contributed by atoms with Crippen LogP contribution in [0.5, 0.6) is 0 Å². The molecule has 2 rings (SSSR count). The van der Waals surface area contributed by atoms with Gasteiger partial charge in [0.2, 0.25) is 11.8 Å². The van der Waals surface area contributed by atoms with Gasteiger partial charge >= 0.3 is 6.09 Å². The summed E-state index contributed by atoms with van der Waals surface area (Å²) >= 11 is 0. The fourth-order valence-electron chi connectivity index (χ4n) is 2.17. The molecule has 124 valence electrons. The summed E-state index contributed by atoms with van der Waals surface area (Å²) in [6.07, 6.45) is -0.564. The van der Waals surface area contributed by atoms with E-state index in [9.17, 15) is 14.4 Å². The third kappa shape index (κ3) is 4.41. The number of rotatable bonds is 3. The average molecular weight is 320 g/mol. The zero-order chi connectivity index (χ0) is 17.2. The van der Waals surface area contributed by atoms with Crippen LogP contribution in [-0.4, -0.2) is 35.0 Å². The number of hydrogen-bond donors (Lipinski definition) is 2. The van der Waals surface area contributed by atoms with E-state index in [0.29, 0.717) is 5.82 Å². The van der Waals surface area contributed by atoms with Crippen LogP contribution in [0.25, 0.3) is 0 Å². The molecule has 0 aliphatic carbocycles. The van der Waals surface area contributed by atoms with Crippen molar-refractivity contribution in [3.63, 3.8) is 0 Å². The fraction of sp³-hybridized carbons (Fsp3) is 0.467. The number of primary amides is 1. The van der Waals surface area contributed by atoms with Gasteiger partial charge in [0.05, 0.1) is 5.92 Å². The Labute approximate surface area is 134 Å². The summed E-state index contributed by atoms with van der Waals surface area (Å²) in [6.45, 7) is 5.45. The Morgan fingerprint density at radius 3 is 2.65 bits per heavy atom. The number of amides is 3. The minimum atomic E-state index is -0.634. The topological polar surface area (TPSA) is 115 Å². The van der Waals surface area contributed by atoms with Gasteiger partial charge in [0.25, 0.3) is 0 Å². The number of carbonyl (C=O) groups excluding carboxylic acids is 3. The van der Waals surface area contributed by atoms with E-state index in [1.165, 1.54) is 4.90 Å². The van der Waals surface area contributed by atoms with Gasteiger partial charge in [-0.1, -0.05) is 6.07 Å². The third-order valence-corrected chi connectivity index (χ3v) is 3.17. The molecular weight excluding hydrogens is 300 g/mol. The van der Waals surface area contributed by atoms with E-state index in [-0.39, 0.29) is 24.7 Å². The largest absolute Gasteiger partial charge is 0.444 e. The molecule has 1 fully saturated rings. The van der Waals surface area contributed by atoms with E-state index in [2.05, 4.69) is 10.3 Å². The average Bonchev–Trinajstić information content (AvgIpc) is 2.79. The molecule has 23 heavy (non-hydrogen) atoms. The lowest BCUT2D eigenvalue weighted by Crippen LogP contribution is -2.29. The van der Waals surface area contributed by atoms with E-state index in [1.807, 2.05) is 0 Å². The van der Waals surface area contributed by atoms with Gasteiger partial charge in [-0.05, 0) is 32.9 Å². The van der Waals surface area contributed by atoms with E-state index >= 15 is 0 Å². The third-order valence-electron chi connectivity index (χ3n) is 3.17. The molecule has 1 unspecified atom stereocenters. The molecule has 1 saturated heterocycles. The van der Waals surface area contributed by atoms with Crippen LogP contribution in [0.3, 0.4) is 0 Å². The van der Waals surface area contributed by atoms with E-state index in [0.717, 1.165) is 0 Å². The van der Waals surface area contributed by atoms with E-state index in [1.54, 1.807) is 39.0 Å².